The van der Waals surface area contributed by atoms with Gasteiger partial charge in [0.05, 0.1) is 5.39 Å². The highest BCUT2D eigenvalue weighted by molar-refractivity contribution is 5.94. The molecule has 0 aromatic carbocycles. The molecule has 1 amide bonds. The van der Waals surface area contributed by atoms with Crippen LogP contribution in [0.5, 0.6) is 0 Å². The summed E-state index contributed by atoms with van der Waals surface area (Å²) in [4.78, 5) is 43.7. The summed E-state index contributed by atoms with van der Waals surface area (Å²) >= 11 is 0. The second-order valence-corrected chi connectivity index (χ2v) is 8.33. The molecule has 1 fully saturated rings. The maximum atomic E-state index is 13.0. The zero-order valence-electron chi connectivity index (χ0n) is 16.1. The van der Waals surface area contributed by atoms with Gasteiger partial charge in [-0.1, -0.05) is 20.8 Å². The van der Waals surface area contributed by atoms with Crippen molar-refractivity contribution < 1.29 is 4.79 Å². The molecule has 0 aliphatic carbocycles. The average molecular weight is 358 g/mol. The van der Waals surface area contributed by atoms with Gasteiger partial charge in [0.1, 0.15) is 11.3 Å². The van der Waals surface area contributed by atoms with E-state index in [9.17, 15) is 14.4 Å². The van der Waals surface area contributed by atoms with E-state index in [2.05, 4.69) is 25.8 Å². The minimum Gasteiger partial charge on any atom is -0.334 e. The van der Waals surface area contributed by atoms with Crippen molar-refractivity contribution in [3.8, 4) is 0 Å². The predicted octanol–water partition coefficient (Wildman–Crippen LogP) is 1.67. The van der Waals surface area contributed by atoms with E-state index < -0.39 is 11.2 Å². The van der Waals surface area contributed by atoms with Crippen LogP contribution < -0.4 is 11.2 Å². The van der Waals surface area contributed by atoms with Crippen molar-refractivity contribution in [3.63, 3.8) is 0 Å². The quantitative estimate of drug-likeness (QED) is 0.818. The first-order chi connectivity index (χ1) is 12.1. The standard InChI is InChI=1S/C19H26N4O3/c1-19(2,3)11-12-7-6-10-23(12)17(25)14-9-8-13-15(20-14)21(4)18(26)22(5)16(13)24/h8-9,12H,6-7,10-11H2,1-5H3. The average Bonchev–Trinajstić information content (AvgIpc) is 3.03. The Hall–Kier alpha value is -2.44. The zero-order chi connectivity index (χ0) is 19.2. The first-order valence-electron chi connectivity index (χ1n) is 8.98. The molecular formula is C19H26N4O3. The lowest BCUT2D eigenvalue weighted by molar-refractivity contribution is 0.0698. The Kier molecular flexibility index (Phi) is 4.50. The number of carbonyl (C=O) groups excluding carboxylic acids is 1. The highest BCUT2D eigenvalue weighted by Gasteiger charge is 2.33. The van der Waals surface area contributed by atoms with Crippen molar-refractivity contribution in [2.75, 3.05) is 6.54 Å². The third kappa shape index (κ3) is 3.18. The summed E-state index contributed by atoms with van der Waals surface area (Å²) in [6, 6.07) is 3.38. The monoisotopic (exact) mass is 358 g/mol. The second-order valence-electron chi connectivity index (χ2n) is 8.33. The van der Waals surface area contributed by atoms with Crippen LogP contribution in [0.1, 0.15) is 50.5 Å². The van der Waals surface area contributed by atoms with Gasteiger partial charge >= 0.3 is 5.69 Å². The second kappa shape index (κ2) is 6.37. The summed E-state index contributed by atoms with van der Waals surface area (Å²) in [7, 11) is 2.99. The molecule has 0 spiro atoms. The van der Waals surface area contributed by atoms with Crippen LogP contribution in [0, 0.1) is 5.41 Å². The van der Waals surface area contributed by atoms with E-state index in [4.69, 9.17) is 0 Å². The molecule has 3 heterocycles. The number of fused-ring (bicyclic) bond motifs is 1. The fourth-order valence-corrected chi connectivity index (χ4v) is 3.74. The number of hydrogen-bond acceptors (Lipinski definition) is 4. The topological polar surface area (TPSA) is 77.2 Å². The maximum absolute atomic E-state index is 13.0. The number of aromatic nitrogens is 3. The Morgan fingerprint density at radius 3 is 2.54 bits per heavy atom. The largest absolute Gasteiger partial charge is 0.334 e. The molecule has 1 atom stereocenters. The molecular weight excluding hydrogens is 332 g/mol. The third-order valence-corrected chi connectivity index (χ3v) is 5.01. The minimum atomic E-state index is -0.452. The molecule has 26 heavy (non-hydrogen) atoms. The summed E-state index contributed by atoms with van der Waals surface area (Å²) in [5.74, 6) is -0.133. The van der Waals surface area contributed by atoms with Gasteiger partial charge in [-0.2, -0.15) is 0 Å². The molecule has 0 bridgehead atoms. The van der Waals surface area contributed by atoms with Crippen molar-refractivity contribution >= 4 is 16.9 Å². The molecule has 7 nitrogen and oxygen atoms in total. The van der Waals surface area contributed by atoms with E-state index in [0.717, 1.165) is 30.4 Å². The fraction of sp³-hybridized carbons (Fsp3) is 0.579. The molecule has 2 aromatic heterocycles. The van der Waals surface area contributed by atoms with Gasteiger partial charge in [-0.25, -0.2) is 9.78 Å². The number of likely N-dealkylation sites (tertiary alicyclic amines) is 1. The van der Waals surface area contributed by atoms with Gasteiger partial charge < -0.3 is 4.90 Å². The molecule has 1 aliphatic rings. The van der Waals surface area contributed by atoms with Crippen molar-refractivity contribution in [2.45, 2.75) is 46.1 Å². The molecule has 3 rings (SSSR count). The van der Waals surface area contributed by atoms with Gasteiger partial charge in [0.25, 0.3) is 11.5 Å². The van der Waals surface area contributed by atoms with E-state index in [0.29, 0.717) is 5.39 Å². The van der Waals surface area contributed by atoms with E-state index in [1.54, 1.807) is 19.2 Å². The van der Waals surface area contributed by atoms with Crippen LogP contribution in [-0.4, -0.2) is 37.5 Å². The van der Waals surface area contributed by atoms with Crippen molar-refractivity contribution in [2.24, 2.45) is 19.5 Å². The molecule has 1 unspecified atom stereocenters. The van der Waals surface area contributed by atoms with E-state index in [1.165, 1.54) is 11.6 Å². The van der Waals surface area contributed by atoms with Gasteiger partial charge in [0.2, 0.25) is 0 Å². The molecule has 1 saturated heterocycles. The summed E-state index contributed by atoms with van der Waals surface area (Å²) in [6.45, 7) is 7.24. The Bertz CT molecular complexity index is 981. The van der Waals surface area contributed by atoms with Crippen molar-refractivity contribution in [1.29, 1.82) is 0 Å². The van der Waals surface area contributed by atoms with Crippen LogP contribution >= 0.6 is 0 Å². The summed E-state index contributed by atoms with van der Waals surface area (Å²) in [5, 5.41) is 0.332. The molecule has 0 N–H and O–H groups in total. The van der Waals surface area contributed by atoms with Crippen molar-refractivity contribution in [1.82, 2.24) is 19.0 Å². The molecule has 7 heteroatoms. The normalized spacial score (nSPS) is 17.9. The lowest BCUT2D eigenvalue weighted by Crippen LogP contribution is -2.39. The van der Waals surface area contributed by atoms with Crippen LogP contribution in [0.4, 0.5) is 0 Å². The van der Waals surface area contributed by atoms with Gasteiger partial charge in [-0.3, -0.25) is 18.7 Å². The van der Waals surface area contributed by atoms with E-state index in [-0.39, 0.29) is 28.7 Å². The van der Waals surface area contributed by atoms with Crippen molar-refractivity contribution in [3.05, 3.63) is 38.7 Å². The Labute approximate surface area is 152 Å². The number of carbonyl (C=O) groups is 1. The highest BCUT2D eigenvalue weighted by Crippen LogP contribution is 2.30. The van der Waals surface area contributed by atoms with Crippen LogP contribution in [-0.2, 0) is 14.1 Å². The van der Waals surface area contributed by atoms with E-state index >= 15 is 0 Å². The van der Waals surface area contributed by atoms with Gasteiger partial charge in [0.15, 0.2) is 0 Å². The summed E-state index contributed by atoms with van der Waals surface area (Å²) in [5.41, 5.74) is -0.190. The number of nitrogens with zero attached hydrogens (tertiary/aromatic N) is 4. The number of pyridine rings is 1. The summed E-state index contributed by atoms with van der Waals surface area (Å²) < 4.78 is 2.36. The molecule has 0 radical (unpaired) electrons. The number of rotatable bonds is 2. The number of aryl methyl sites for hydroxylation is 1. The Morgan fingerprint density at radius 1 is 1.19 bits per heavy atom. The maximum Gasteiger partial charge on any atom is 0.332 e. The van der Waals surface area contributed by atoms with Gasteiger partial charge in [-0.15, -0.1) is 0 Å². The lowest BCUT2D eigenvalue weighted by atomic mass is 9.87. The van der Waals surface area contributed by atoms with E-state index in [1.807, 2.05) is 4.90 Å². The smallest absolute Gasteiger partial charge is 0.332 e. The predicted molar refractivity (Wildman–Crippen MR) is 100 cm³/mol. The van der Waals surface area contributed by atoms with Gasteiger partial charge in [0, 0.05) is 26.7 Å². The van der Waals surface area contributed by atoms with Crippen LogP contribution in [0.15, 0.2) is 21.7 Å². The number of hydrogen-bond donors (Lipinski definition) is 0. The zero-order valence-corrected chi connectivity index (χ0v) is 16.1. The fourth-order valence-electron chi connectivity index (χ4n) is 3.74. The minimum absolute atomic E-state index is 0.133. The van der Waals surface area contributed by atoms with Crippen LogP contribution in [0.3, 0.4) is 0 Å². The molecule has 0 saturated carbocycles. The first kappa shape index (κ1) is 18.4. The Morgan fingerprint density at radius 2 is 1.88 bits per heavy atom. The summed E-state index contributed by atoms with van der Waals surface area (Å²) in [6.07, 6.45) is 2.92. The third-order valence-electron chi connectivity index (χ3n) is 5.01. The van der Waals surface area contributed by atoms with Gasteiger partial charge in [-0.05, 0) is 36.8 Å². The SMILES string of the molecule is Cn1c(=O)c2ccc(C(=O)N3CCCC3CC(C)(C)C)nc2n(C)c1=O. The highest BCUT2D eigenvalue weighted by atomic mass is 16.2. The molecule has 1 aliphatic heterocycles. The molecule has 2 aromatic rings. The van der Waals surface area contributed by atoms with Crippen LogP contribution in [0.2, 0.25) is 0 Å². The number of amides is 1. The lowest BCUT2D eigenvalue weighted by Gasteiger charge is -2.30. The Balaban J connectivity index is 2.02. The van der Waals surface area contributed by atoms with Crippen LogP contribution in [0.25, 0.3) is 11.0 Å². The molecule has 140 valence electrons. The first-order valence-corrected chi connectivity index (χ1v) is 8.98.